The molecule has 0 heterocycles. The third-order valence-electron chi connectivity index (χ3n) is 2.33. The zero-order valence-electron chi connectivity index (χ0n) is 9.53. The van der Waals surface area contributed by atoms with Crippen LogP contribution < -0.4 is 0 Å². The highest BCUT2D eigenvalue weighted by Gasteiger charge is 2.46. The van der Waals surface area contributed by atoms with Crippen LogP contribution in [0.25, 0.3) is 0 Å². The smallest absolute Gasteiger partial charge is 0.320 e. The Morgan fingerprint density at radius 2 is 1.81 bits per heavy atom. The average molecular weight is 226 g/mol. The summed E-state index contributed by atoms with van der Waals surface area (Å²) in [6.45, 7) is 1.19. The molecule has 88 valence electrons. The average Bonchev–Trinajstić information content (AvgIpc) is 2.26. The molecule has 5 heteroatoms. The van der Waals surface area contributed by atoms with E-state index in [1.165, 1.54) is 14.0 Å². The fourth-order valence-electron chi connectivity index (χ4n) is 1.29. The van der Waals surface area contributed by atoms with Gasteiger partial charge in [-0.05, 0) is 6.92 Å². The molecule has 0 rings (SSSR count). The van der Waals surface area contributed by atoms with E-state index in [1.54, 1.807) is 0 Å². The van der Waals surface area contributed by atoms with Crippen LogP contribution in [0.3, 0.4) is 0 Å². The lowest BCUT2D eigenvalue weighted by molar-refractivity contribution is -0.163. The van der Waals surface area contributed by atoms with Gasteiger partial charge >= 0.3 is 11.9 Å². The van der Waals surface area contributed by atoms with Crippen LogP contribution in [0.2, 0.25) is 0 Å². The molecular weight excluding hydrogens is 212 g/mol. The van der Waals surface area contributed by atoms with Crippen LogP contribution in [0.4, 0.5) is 0 Å². The van der Waals surface area contributed by atoms with Crippen LogP contribution >= 0.6 is 0 Å². The maximum atomic E-state index is 11.6. The lowest BCUT2D eigenvalue weighted by Crippen LogP contribution is -2.41. The van der Waals surface area contributed by atoms with Crippen molar-refractivity contribution in [2.75, 3.05) is 14.2 Å². The first-order chi connectivity index (χ1) is 7.44. The summed E-state index contributed by atoms with van der Waals surface area (Å²) in [6.07, 6.45) is 4.50. The number of Topliss-reactive ketones (excluding diaryl/α,β-unsaturated/α-hetero) is 1. The molecule has 0 bridgehead atoms. The Morgan fingerprint density at radius 1 is 1.25 bits per heavy atom. The number of hydrogen-bond donors (Lipinski definition) is 0. The molecule has 0 saturated carbocycles. The molecule has 16 heavy (non-hydrogen) atoms. The molecule has 5 nitrogen and oxygen atoms in total. The first-order valence-corrected chi connectivity index (χ1v) is 4.54. The molecule has 1 atom stereocenters. The highest BCUT2D eigenvalue weighted by Crippen LogP contribution is 2.29. The van der Waals surface area contributed by atoms with Gasteiger partial charge in [-0.25, -0.2) is 0 Å². The van der Waals surface area contributed by atoms with E-state index < -0.39 is 29.6 Å². The molecular formula is C11H14O5. The minimum absolute atomic E-state index is 0.190. The molecule has 0 spiro atoms. The number of rotatable bonds is 5. The Hall–Kier alpha value is -1.83. The molecule has 0 aliphatic rings. The second kappa shape index (κ2) is 5.91. The number of carbonyl (C=O) groups excluding carboxylic acids is 3. The molecule has 0 saturated heterocycles. The van der Waals surface area contributed by atoms with Gasteiger partial charge in [0, 0.05) is 6.42 Å². The predicted octanol–water partition coefficient (Wildman–Crippen LogP) is 0.321. The van der Waals surface area contributed by atoms with Crippen molar-refractivity contribution in [3.8, 4) is 12.3 Å². The van der Waals surface area contributed by atoms with Crippen LogP contribution in [0.1, 0.15) is 19.8 Å². The SMILES string of the molecule is C#CCC(CC(=O)OC)(C(C)=O)C(=O)OC. The Balaban J connectivity index is 5.27. The Kier molecular flexibility index (Phi) is 5.23. The summed E-state index contributed by atoms with van der Waals surface area (Å²) in [6, 6.07) is 0. The Labute approximate surface area is 94.1 Å². The van der Waals surface area contributed by atoms with Gasteiger partial charge < -0.3 is 9.47 Å². The van der Waals surface area contributed by atoms with Crippen LogP contribution in [0, 0.1) is 17.8 Å². The molecule has 1 unspecified atom stereocenters. The van der Waals surface area contributed by atoms with Gasteiger partial charge in [0.25, 0.3) is 0 Å². The number of carbonyl (C=O) groups is 3. The van der Waals surface area contributed by atoms with E-state index in [0.717, 1.165) is 7.11 Å². The highest BCUT2D eigenvalue weighted by molar-refractivity contribution is 6.05. The van der Waals surface area contributed by atoms with E-state index in [4.69, 9.17) is 6.42 Å². The van der Waals surface area contributed by atoms with E-state index >= 15 is 0 Å². The monoisotopic (exact) mass is 226 g/mol. The van der Waals surface area contributed by atoms with Crippen LogP contribution in [0.15, 0.2) is 0 Å². The van der Waals surface area contributed by atoms with Crippen molar-refractivity contribution in [1.82, 2.24) is 0 Å². The summed E-state index contributed by atoms with van der Waals surface area (Å²) in [5, 5.41) is 0. The molecule has 0 aliphatic heterocycles. The second-order valence-corrected chi connectivity index (χ2v) is 3.26. The molecule has 0 amide bonds. The zero-order chi connectivity index (χ0) is 12.8. The summed E-state index contributed by atoms with van der Waals surface area (Å²) in [5.41, 5.74) is -1.63. The number of ketones is 1. The van der Waals surface area contributed by atoms with Gasteiger partial charge in [-0.3, -0.25) is 14.4 Å². The number of esters is 2. The number of methoxy groups -OCH3 is 2. The molecule has 0 aromatic rings. The van der Waals surface area contributed by atoms with Gasteiger partial charge in [-0.1, -0.05) is 0 Å². The fourth-order valence-corrected chi connectivity index (χ4v) is 1.29. The van der Waals surface area contributed by atoms with Gasteiger partial charge in [0.15, 0.2) is 0 Å². The molecule has 0 N–H and O–H groups in total. The maximum Gasteiger partial charge on any atom is 0.320 e. The molecule has 0 aliphatic carbocycles. The van der Waals surface area contributed by atoms with Crippen molar-refractivity contribution in [2.45, 2.75) is 19.8 Å². The predicted molar refractivity (Wildman–Crippen MR) is 55.2 cm³/mol. The molecule has 0 fully saturated rings. The Bertz CT molecular complexity index is 339. The van der Waals surface area contributed by atoms with E-state index in [0.29, 0.717) is 0 Å². The minimum atomic E-state index is -1.63. The van der Waals surface area contributed by atoms with E-state index in [2.05, 4.69) is 15.4 Å². The van der Waals surface area contributed by atoms with Crippen LogP contribution in [-0.4, -0.2) is 31.9 Å². The summed E-state index contributed by atoms with van der Waals surface area (Å²) in [4.78, 5) is 34.3. The topological polar surface area (TPSA) is 69.7 Å². The van der Waals surface area contributed by atoms with Gasteiger partial charge in [0.05, 0.1) is 20.6 Å². The van der Waals surface area contributed by atoms with Crippen molar-refractivity contribution in [1.29, 1.82) is 0 Å². The minimum Gasteiger partial charge on any atom is -0.469 e. The standard InChI is InChI=1S/C11H14O5/c1-5-6-11(8(2)12,10(14)16-4)7-9(13)15-3/h1H,6-7H2,2-4H3. The lowest BCUT2D eigenvalue weighted by Gasteiger charge is -2.24. The normalized spacial score (nSPS) is 13.1. The van der Waals surface area contributed by atoms with Crippen molar-refractivity contribution in [3.63, 3.8) is 0 Å². The van der Waals surface area contributed by atoms with E-state index in [9.17, 15) is 14.4 Å². The third kappa shape index (κ3) is 2.83. The molecule has 0 radical (unpaired) electrons. The second-order valence-electron chi connectivity index (χ2n) is 3.26. The van der Waals surface area contributed by atoms with Crippen LogP contribution in [-0.2, 0) is 23.9 Å². The summed E-state index contributed by atoms with van der Waals surface area (Å²) in [7, 11) is 2.30. The lowest BCUT2D eigenvalue weighted by atomic mass is 9.78. The first kappa shape index (κ1) is 14.2. The van der Waals surface area contributed by atoms with Crippen LogP contribution in [0.5, 0.6) is 0 Å². The number of terminal acetylenes is 1. The zero-order valence-corrected chi connectivity index (χ0v) is 9.53. The summed E-state index contributed by atoms with van der Waals surface area (Å²) < 4.78 is 8.94. The largest absolute Gasteiger partial charge is 0.469 e. The molecule has 0 aromatic carbocycles. The number of ether oxygens (including phenoxy) is 2. The van der Waals surface area contributed by atoms with Gasteiger partial charge in [0.2, 0.25) is 0 Å². The summed E-state index contributed by atoms with van der Waals surface area (Å²) in [5.74, 6) is 0.193. The van der Waals surface area contributed by atoms with E-state index in [1.807, 2.05) is 0 Å². The molecule has 0 aromatic heterocycles. The van der Waals surface area contributed by atoms with Crippen molar-refractivity contribution < 1.29 is 23.9 Å². The van der Waals surface area contributed by atoms with Gasteiger partial charge in [0.1, 0.15) is 11.2 Å². The Morgan fingerprint density at radius 3 is 2.12 bits per heavy atom. The van der Waals surface area contributed by atoms with Crippen molar-refractivity contribution >= 4 is 17.7 Å². The van der Waals surface area contributed by atoms with E-state index in [-0.39, 0.29) is 6.42 Å². The maximum absolute atomic E-state index is 11.6. The quantitative estimate of drug-likeness (QED) is 0.383. The van der Waals surface area contributed by atoms with Gasteiger partial charge in [-0.15, -0.1) is 12.3 Å². The highest BCUT2D eigenvalue weighted by atomic mass is 16.5. The first-order valence-electron chi connectivity index (χ1n) is 4.54. The number of hydrogen-bond acceptors (Lipinski definition) is 5. The van der Waals surface area contributed by atoms with Crippen molar-refractivity contribution in [3.05, 3.63) is 0 Å². The van der Waals surface area contributed by atoms with Gasteiger partial charge in [-0.2, -0.15) is 0 Å². The summed E-state index contributed by atoms with van der Waals surface area (Å²) >= 11 is 0. The van der Waals surface area contributed by atoms with Crippen molar-refractivity contribution in [2.24, 2.45) is 5.41 Å². The fraction of sp³-hybridized carbons (Fsp3) is 0.545. The third-order valence-corrected chi connectivity index (χ3v) is 2.33.